The van der Waals surface area contributed by atoms with Crippen LogP contribution in [0.3, 0.4) is 0 Å². The maximum Gasteiger partial charge on any atom is 0.139 e. The van der Waals surface area contributed by atoms with E-state index >= 15 is 0 Å². The number of nitrogens with two attached hydrogens (primary N) is 1. The van der Waals surface area contributed by atoms with Crippen LogP contribution >= 0.6 is 11.8 Å². The lowest BCUT2D eigenvalue weighted by atomic mass is 10.2. The van der Waals surface area contributed by atoms with Gasteiger partial charge in [-0.05, 0) is 23.8 Å². The van der Waals surface area contributed by atoms with Crippen LogP contribution in [0.15, 0.2) is 41.4 Å². The first-order valence-corrected chi connectivity index (χ1v) is 6.40. The van der Waals surface area contributed by atoms with E-state index < -0.39 is 11.6 Å². The predicted octanol–water partition coefficient (Wildman–Crippen LogP) is 3.11. The van der Waals surface area contributed by atoms with E-state index in [1.165, 1.54) is 23.9 Å². The SMILES string of the molecule is NCc1ncccc1CSc1ccc(F)cc1F. The Morgan fingerprint density at radius 1 is 1.22 bits per heavy atom. The van der Waals surface area contributed by atoms with Gasteiger partial charge in [-0.3, -0.25) is 4.98 Å². The molecule has 0 aliphatic carbocycles. The molecule has 0 radical (unpaired) electrons. The Morgan fingerprint density at radius 2 is 2.06 bits per heavy atom. The van der Waals surface area contributed by atoms with E-state index in [1.54, 1.807) is 6.20 Å². The lowest BCUT2D eigenvalue weighted by Crippen LogP contribution is -2.03. The third kappa shape index (κ3) is 3.05. The molecule has 5 heteroatoms. The fraction of sp³-hybridized carbons (Fsp3) is 0.154. The fourth-order valence-electron chi connectivity index (χ4n) is 1.53. The van der Waals surface area contributed by atoms with Crippen LogP contribution in [0.5, 0.6) is 0 Å². The summed E-state index contributed by atoms with van der Waals surface area (Å²) >= 11 is 1.30. The molecule has 18 heavy (non-hydrogen) atoms. The number of nitrogens with zero attached hydrogens (tertiary/aromatic N) is 1. The minimum atomic E-state index is -0.569. The number of hydrogen-bond acceptors (Lipinski definition) is 3. The third-order valence-electron chi connectivity index (χ3n) is 2.45. The van der Waals surface area contributed by atoms with E-state index in [-0.39, 0.29) is 0 Å². The highest BCUT2D eigenvalue weighted by Crippen LogP contribution is 2.26. The Hall–Kier alpha value is -1.46. The standard InChI is InChI=1S/C13H12F2N2S/c14-10-3-4-13(11(15)6-10)18-8-9-2-1-5-17-12(9)7-16/h1-6H,7-8,16H2. The minimum Gasteiger partial charge on any atom is -0.325 e. The fourth-order valence-corrected chi connectivity index (χ4v) is 2.47. The molecule has 0 unspecified atom stereocenters. The first-order chi connectivity index (χ1) is 8.70. The summed E-state index contributed by atoms with van der Waals surface area (Å²) in [4.78, 5) is 4.57. The number of benzene rings is 1. The minimum absolute atomic E-state index is 0.350. The van der Waals surface area contributed by atoms with Crippen LogP contribution in [-0.2, 0) is 12.3 Å². The van der Waals surface area contributed by atoms with Gasteiger partial charge in [-0.15, -0.1) is 11.8 Å². The molecule has 0 saturated heterocycles. The highest BCUT2D eigenvalue weighted by atomic mass is 32.2. The molecule has 0 bridgehead atoms. The van der Waals surface area contributed by atoms with Gasteiger partial charge < -0.3 is 5.73 Å². The largest absolute Gasteiger partial charge is 0.325 e. The number of hydrogen-bond donors (Lipinski definition) is 1. The van der Waals surface area contributed by atoms with Gasteiger partial charge in [-0.2, -0.15) is 0 Å². The molecule has 0 aliphatic heterocycles. The molecule has 2 nitrogen and oxygen atoms in total. The van der Waals surface area contributed by atoms with Gasteiger partial charge in [-0.1, -0.05) is 6.07 Å². The highest BCUT2D eigenvalue weighted by Gasteiger charge is 2.07. The summed E-state index contributed by atoms with van der Waals surface area (Å²) in [5.41, 5.74) is 7.34. The van der Waals surface area contributed by atoms with Crippen molar-refractivity contribution in [3.63, 3.8) is 0 Å². The van der Waals surface area contributed by atoms with Crippen molar-refractivity contribution in [2.75, 3.05) is 0 Å². The second kappa shape index (κ2) is 5.93. The number of aromatic nitrogens is 1. The average Bonchev–Trinajstić information content (AvgIpc) is 2.38. The number of pyridine rings is 1. The van der Waals surface area contributed by atoms with E-state index in [1.807, 2.05) is 12.1 Å². The second-order valence-corrected chi connectivity index (χ2v) is 4.69. The Kier molecular flexibility index (Phi) is 4.28. The number of thioether (sulfide) groups is 1. The van der Waals surface area contributed by atoms with Crippen molar-refractivity contribution in [3.8, 4) is 0 Å². The van der Waals surface area contributed by atoms with Crippen LogP contribution in [0.2, 0.25) is 0 Å². The maximum atomic E-state index is 13.4. The van der Waals surface area contributed by atoms with Gasteiger partial charge in [0.05, 0.1) is 5.69 Å². The quantitative estimate of drug-likeness (QED) is 0.864. The summed E-state index contributed by atoms with van der Waals surface area (Å²) in [6.45, 7) is 0.350. The molecule has 0 amide bonds. The Balaban J connectivity index is 2.11. The first-order valence-electron chi connectivity index (χ1n) is 5.41. The molecule has 0 saturated carbocycles. The van der Waals surface area contributed by atoms with Crippen molar-refractivity contribution in [2.24, 2.45) is 5.73 Å². The van der Waals surface area contributed by atoms with Crippen LogP contribution in [0.1, 0.15) is 11.3 Å². The molecule has 94 valence electrons. The van der Waals surface area contributed by atoms with Gasteiger partial charge >= 0.3 is 0 Å². The van der Waals surface area contributed by atoms with E-state index in [4.69, 9.17) is 5.73 Å². The number of halogens is 2. The lowest BCUT2D eigenvalue weighted by Gasteiger charge is -2.07. The zero-order valence-electron chi connectivity index (χ0n) is 9.57. The molecule has 1 aromatic carbocycles. The van der Waals surface area contributed by atoms with Gasteiger partial charge in [0.1, 0.15) is 11.6 Å². The van der Waals surface area contributed by atoms with Gasteiger partial charge in [0.15, 0.2) is 0 Å². The lowest BCUT2D eigenvalue weighted by molar-refractivity contribution is 0.565. The highest BCUT2D eigenvalue weighted by molar-refractivity contribution is 7.98. The molecule has 2 rings (SSSR count). The van der Waals surface area contributed by atoms with Crippen LogP contribution in [-0.4, -0.2) is 4.98 Å². The summed E-state index contributed by atoms with van der Waals surface area (Å²) < 4.78 is 26.2. The van der Waals surface area contributed by atoms with E-state index in [0.29, 0.717) is 17.2 Å². The smallest absolute Gasteiger partial charge is 0.139 e. The normalized spacial score (nSPS) is 10.6. The summed E-state index contributed by atoms with van der Waals surface area (Å²) in [7, 11) is 0. The summed E-state index contributed by atoms with van der Waals surface area (Å²) in [6.07, 6.45) is 1.68. The first kappa shape index (κ1) is 13.0. The molecule has 2 aromatic rings. The molecular weight excluding hydrogens is 254 g/mol. The van der Waals surface area contributed by atoms with E-state index in [0.717, 1.165) is 17.3 Å². The van der Waals surface area contributed by atoms with Crippen molar-refractivity contribution >= 4 is 11.8 Å². The average molecular weight is 266 g/mol. The van der Waals surface area contributed by atoms with Crippen LogP contribution in [0, 0.1) is 11.6 Å². The molecular formula is C13H12F2N2S. The zero-order chi connectivity index (χ0) is 13.0. The Bertz CT molecular complexity index is 546. The van der Waals surface area contributed by atoms with Crippen LogP contribution in [0.25, 0.3) is 0 Å². The van der Waals surface area contributed by atoms with Crippen molar-refractivity contribution in [3.05, 3.63) is 59.4 Å². The molecule has 0 fully saturated rings. The summed E-state index contributed by atoms with van der Waals surface area (Å²) in [5, 5.41) is 0. The Labute approximate surface area is 108 Å². The second-order valence-electron chi connectivity index (χ2n) is 3.68. The van der Waals surface area contributed by atoms with E-state index in [9.17, 15) is 8.78 Å². The molecule has 0 spiro atoms. The molecule has 1 heterocycles. The zero-order valence-corrected chi connectivity index (χ0v) is 10.4. The van der Waals surface area contributed by atoms with E-state index in [2.05, 4.69) is 4.98 Å². The van der Waals surface area contributed by atoms with Gasteiger partial charge in [-0.25, -0.2) is 8.78 Å². The van der Waals surface area contributed by atoms with Gasteiger partial charge in [0, 0.05) is 29.5 Å². The van der Waals surface area contributed by atoms with Gasteiger partial charge in [0.2, 0.25) is 0 Å². The molecule has 0 atom stereocenters. The maximum absolute atomic E-state index is 13.4. The van der Waals surface area contributed by atoms with Crippen molar-refractivity contribution in [2.45, 2.75) is 17.2 Å². The number of rotatable bonds is 4. The van der Waals surface area contributed by atoms with Crippen LogP contribution < -0.4 is 5.73 Å². The third-order valence-corrected chi connectivity index (χ3v) is 3.55. The summed E-state index contributed by atoms with van der Waals surface area (Å²) in [6, 6.07) is 7.29. The van der Waals surface area contributed by atoms with Crippen LogP contribution in [0.4, 0.5) is 8.78 Å². The molecule has 2 N–H and O–H groups in total. The molecule has 1 aromatic heterocycles. The predicted molar refractivity (Wildman–Crippen MR) is 68.0 cm³/mol. The topological polar surface area (TPSA) is 38.9 Å². The monoisotopic (exact) mass is 266 g/mol. The van der Waals surface area contributed by atoms with Gasteiger partial charge in [0.25, 0.3) is 0 Å². The van der Waals surface area contributed by atoms with Crippen molar-refractivity contribution < 1.29 is 8.78 Å². The van der Waals surface area contributed by atoms with Crippen molar-refractivity contribution in [1.82, 2.24) is 4.98 Å². The molecule has 0 aliphatic rings. The van der Waals surface area contributed by atoms with Crippen molar-refractivity contribution in [1.29, 1.82) is 0 Å². The summed E-state index contributed by atoms with van der Waals surface area (Å²) in [5.74, 6) is -0.554. The Morgan fingerprint density at radius 3 is 2.78 bits per heavy atom.